The molecular formula is C12H9BrN2O3S. The van der Waals surface area contributed by atoms with Gasteiger partial charge in [-0.15, -0.1) is 11.3 Å². The van der Waals surface area contributed by atoms with Crippen molar-refractivity contribution in [3.63, 3.8) is 0 Å². The van der Waals surface area contributed by atoms with Gasteiger partial charge in [-0.25, -0.2) is 9.78 Å². The molecule has 19 heavy (non-hydrogen) atoms. The predicted molar refractivity (Wildman–Crippen MR) is 75.9 cm³/mol. The van der Waals surface area contributed by atoms with E-state index in [-0.39, 0.29) is 10.7 Å². The topological polar surface area (TPSA) is 79.3 Å². The van der Waals surface area contributed by atoms with Crippen LogP contribution in [-0.4, -0.2) is 22.0 Å². The second kappa shape index (κ2) is 5.50. The van der Waals surface area contributed by atoms with Crippen LogP contribution in [0, 0.1) is 6.92 Å². The number of nitrogens with one attached hydrogen (secondary N) is 1. The average Bonchev–Trinajstić information content (AvgIpc) is 2.83. The maximum absolute atomic E-state index is 11.9. The summed E-state index contributed by atoms with van der Waals surface area (Å²) < 4.78 is 0.952. The summed E-state index contributed by atoms with van der Waals surface area (Å²) in [6.45, 7) is 1.91. The van der Waals surface area contributed by atoms with E-state index in [1.54, 1.807) is 6.07 Å². The lowest BCUT2D eigenvalue weighted by atomic mass is 10.2. The highest BCUT2D eigenvalue weighted by molar-refractivity contribution is 9.10. The molecule has 2 aromatic rings. The van der Waals surface area contributed by atoms with Crippen LogP contribution in [0.1, 0.15) is 25.9 Å². The van der Waals surface area contributed by atoms with Gasteiger partial charge in [-0.3, -0.25) is 4.79 Å². The molecule has 0 aliphatic rings. The highest BCUT2D eigenvalue weighted by Gasteiger charge is 2.14. The van der Waals surface area contributed by atoms with Crippen molar-refractivity contribution in [3.05, 3.63) is 44.3 Å². The summed E-state index contributed by atoms with van der Waals surface area (Å²) in [5, 5.41) is 12.9. The van der Waals surface area contributed by atoms with Gasteiger partial charge in [0.15, 0.2) is 10.7 Å². The lowest BCUT2D eigenvalue weighted by Crippen LogP contribution is -2.12. The van der Waals surface area contributed by atoms with Crippen LogP contribution in [0.25, 0.3) is 0 Å². The van der Waals surface area contributed by atoms with E-state index in [1.807, 2.05) is 19.1 Å². The van der Waals surface area contributed by atoms with Crippen LogP contribution in [0.3, 0.4) is 0 Å². The van der Waals surface area contributed by atoms with Crippen LogP contribution in [0.2, 0.25) is 0 Å². The summed E-state index contributed by atoms with van der Waals surface area (Å²) in [5.41, 5.74) is 1.50. The molecule has 0 atom stereocenters. The van der Waals surface area contributed by atoms with E-state index in [0.29, 0.717) is 5.69 Å². The van der Waals surface area contributed by atoms with Gasteiger partial charge in [-0.05, 0) is 30.7 Å². The van der Waals surface area contributed by atoms with Gasteiger partial charge in [0.05, 0.1) is 0 Å². The summed E-state index contributed by atoms with van der Waals surface area (Å²) in [4.78, 5) is 26.3. The molecule has 0 fully saturated rings. The minimum atomic E-state index is -1.14. The Balaban J connectivity index is 2.15. The summed E-state index contributed by atoms with van der Waals surface area (Å²) in [5.74, 6) is -1.56. The summed E-state index contributed by atoms with van der Waals surface area (Å²) in [6, 6.07) is 5.39. The fraction of sp³-hybridized carbons (Fsp3) is 0.0833. The molecule has 0 unspecified atom stereocenters. The van der Waals surface area contributed by atoms with Crippen LogP contribution >= 0.6 is 27.3 Å². The second-order valence-corrected chi connectivity index (χ2v) is 5.47. The number of anilines is 1. The van der Waals surface area contributed by atoms with E-state index in [4.69, 9.17) is 5.11 Å². The van der Waals surface area contributed by atoms with E-state index in [9.17, 15) is 9.59 Å². The standard InChI is InChI=1S/C12H9BrN2O3S/c1-6-4-7(2-3-8(6)13)14-10(16)11-15-9(5-19-11)12(17)18/h2-5H,1H3,(H,14,16)(H,17,18). The molecule has 5 nitrogen and oxygen atoms in total. The Labute approximate surface area is 121 Å². The van der Waals surface area contributed by atoms with Gasteiger partial charge < -0.3 is 10.4 Å². The molecule has 0 radical (unpaired) electrons. The first-order chi connectivity index (χ1) is 8.97. The maximum atomic E-state index is 11.9. The van der Waals surface area contributed by atoms with E-state index in [2.05, 4.69) is 26.2 Å². The number of nitrogens with zero attached hydrogens (tertiary/aromatic N) is 1. The number of carboxylic acids is 1. The van der Waals surface area contributed by atoms with Crippen molar-refractivity contribution in [1.29, 1.82) is 0 Å². The van der Waals surface area contributed by atoms with E-state index in [0.717, 1.165) is 21.4 Å². The number of carbonyl (C=O) groups excluding carboxylic acids is 1. The number of aromatic nitrogens is 1. The Morgan fingerprint density at radius 2 is 2.16 bits per heavy atom. The molecule has 0 aliphatic heterocycles. The van der Waals surface area contributed by atoms with Crippen LogP contribution < -0.4 is 5.32 Å². The van der Waals surface area contributed by atoms with Crippen LogP contribution in [-0.2, 0) is 0 Å². The molecule has 98 valence electrons. The molecule has 1 aromatic heterocycles. The van der Waals surface area contributed by atoms with E-state index in [1.165, 1.54) is 5.38 Å². The molecule has 1 amide bonds. The first kappa shape index (κ1) is 13.7. The molecule has 1 heterocycles. The summed E-state index contributed by atoms with van der Waals surface area (Å²) >= 11 is 4.37. The third kappa shape index (κ3) is 3.18. The van der Waals surface area contributed by atoms with Crippen molar-refractivity contribution in [2.45, 2.75) is 6.92 Å². The number of thiazole rings is 1. The van der Waals surface area contributed by atoms with Gasteiger partial charge in [0.25, 0.3) is 5.91 Å². The van der Waals surface area contributed by atoms with Gasteiger partial charge in [0, 0.05) is 15.5 Å². The largest absolute Gasteiger partial charge is 0.476 e. The molecule has 2 N–H and O–H groups in total. The maximum Gasteiger partial charge on any atom is 0.355 e. The van der Waals surface area contributed by atoms with E-state index >= 15 is 0 Å². The monoisotopic (exact) mass is 340 g/mol. The molecule has 0 saturated carbocycles. The molecule has 0 saturated heterocycles. The lowest BCUT2D eigenvalue weighted by Gasteiger charge is -2.05. The van der Waals surface area contributed by atoms with Crippen molar-refractivity contribution in [3.8, 4) is 0 Å². The molecule has 0 bridgehead atoms. The van der Waals surface area contributed by atoms with Crippen molar-refractivity contribution in [1.82, 2.24) is 4.98 Å². The minimum Gasteiger partial charge on any atom is -0.476 e. The van der Waals surface area contributed by atoms with Gasteiger partial charge >= 0.3 is 5.97 Å². The van der Waals surface area contributed by atoms with Crippen LogP contribution in [0.15, 0.2) is 28.1 Å². The highest BCUT2D eigenvalue weighted by Crippen LogP contribution is 2.21. The average molecular weight is 341 g/mol. The number of hydrogen-bond acceptors (Lipinski definition) is 4. The number of amides is 1. The molecular weight excluding hydrogens is 332 g/mol. The van der Waals surface area contributed by atoms with Crippen LogP contribution in [0.4, 0.5) is 5.69 Å². The molecule has 1 aromatic carbocycles. The zero-order chi connectivity index (χ0) is 14.0. The van der Waals surface area contributed by atoms with Crippen molar-refractivity contribution >= 4 is 44.8 Å². The number of halogens is 1. The molecule has 0 aliphatic carbocycles. The third-order valence-electron chi connectivity index (χ3n) is 2.33. The third-order valence-corrected chi connectivity index (χ3v) is 4.06. The SMILES string of the molecule is Cc1cc(NC(=O)c2nc(C(=O)O)cs2)ccc1Br. The van der Waals surface area contributed by atoms with Crippen LogP contribution in [0.5, 0.6) is 0 Å². The number of benzene rings is 1. The first-order valence-corrected chi connectivity index (χ1v) is 6.91. The van der Waals surface area contributed by atoms with Gasteiger partial charge in [0.2, 0.25) is 0 Å². The minimum absolute atomic E-state index is 0.123. The predicted octanol–water partition coefficient (Wildman–Crippen LogP) is 3.16. The zero-order valence-electron chi connectivity index (χ0n) is 9.81. The summed E-state index contributed by atoms with van der Waals surface area (Å²) in [7, 11) is 0. The molecule has 0 spiro atoms. The number of aryl methyl sites for hydroxylation is 1. The molecule has 2 rings (SSSR count). The normalized spacial score (nSPS) is 10.2. The second-order valence-electron chi connectivity index (χ2n) is 3.76. The Hall–Kier alpha value is -1.73. The van der Waals surface area contributed by atoms with Gasteiger partial charge in [-0.2, -0.15) is 0 Å². The zero-order valence-corrected chi connectivity index (χ0v) is 12.2. The first-order valence-electron chi connectivity index (χ1n) is 5.23. The Bertz CT molecular complexity index is 654. The smallest absolute Gasteiger partial charge is 0.355 e. The number of aromatic carboxylic acids is 1. The van der Waals surface area contributed by atoms with Crippen molar-refractivity contribution < 1.29 is 14.7 Å². The molecule has 7 heteroatoms. The highest BCUT2D eigenvalue weighted by atomic mass is 79.9. The fourth-order valence-electron chi connectivity index (χ4n) is 1.38. The number of carboxylic acid groups (broad SMARTS) is 1. The van der Waals surface area contributed by atoms with Gasteiger partial charge in [0.1, 0.15) is 0 Å². The van der Waals surface area contributed by atoms with Crippen molar-refractivity contribution in [2.24, 2.45) is 0 Å². The Kier molecular flexibility index (Phi) is 3.96. The quantitative estimate of drug-likeness (QED) is 0.899. The van der Waals surface area contributed by atoms with E-state index < -0.39 is 11.9 Å². The van der Waals surface area contributed by atoms with Gasteiger partial charge in [-0.1, -0.05) is 15.9 Å². The number of rotatable bonds is 3. The lowest BCUT2D eigenvalue weighted by molar-refractivity contribution is 0.0691. The number of carbonyl (C=O) groups is 2. The Morgan fingerprint density at radius 3 is 2.74 bits per heavy atom. The fourth-order valence-corrected chi connectivity index (χ4v) is 2.32. The number of hydrogen-bond donors (Lipinski definition) is 2. The van der Waals surface area contributed by atoms with Crippen molar-refractivity contribution in [2.75, 3.05) is 5.32 Å². The Morgan fingerprint density at radius 1 is 1.42 bits per heavy atom. The summed E-state index contributed by atoms with van der Waals surface area (Å²) in [6.07, 6.45) is 0.